The average molecular weight is 523 g/mol. The number of hydrogen-bond acceptors (Lipinski definition) is 7. The fourth-order valence-electron chi connectivity index (χ4n) is 4.64. The number of allylic oxidation sites excluding steroid dienone is 4. The van der Waals surface area contributed by atoms with Gasteiger partial charge in [-0.1, -0.05) is 38.7 Å². The Morgan fingerprint density at radius 1 is 1.25 bits per heavy atom. The number of benzene rings is 1. The number of nitrogens with zero attached hydrogens (tertiary/aromatic N) is 1. The predicted molar refractivity (Wildman–Crippen MR) is 140 cm³/mol. The van der Waals surface area contributed by atoms with Crippen molar-refractivity contribution in [3.05, 3.63) is 54.2 Å². The van der Waals surface area contributed by atoms with Crippen molar-refractivity contribution in [1.29, 1.82) is 0 Å². The molecule has 0 spiro atoms. The summed E-state index contributed by atoms with van der Waals surface area (Å²) in [6, 6.07) is 3.09. The first-order chi connectivity index (χ1) is 16.9. The third-order valence-corrected chi connectivity index (χ3v) is 6.72. The van der Waals surface area contributed by atoms with E-state index >= 15 is 0 Å². The quantitative estimate of drug-likeness (QED) is 0.301. The molecule has 1 aromatic carbocycles. The zero-order valence-corrected chi connectivity index (χ0v) is 22.4. The van der Waals surface area contributed by atoms with Crippen molar-refractivity contribution < 1.29 is 32.9 Å². The zero-order chi connectivity index (χ0) is 27.0. The molecule has 3 N–H and O–H groups in total. The Morgan fingerprint density at radius 3 is 2.42 bits per heavy atom. The van der Waals surface area contributed by atoms with Crippen LogP contribution in [-0.4, -0.2) is 69.2 Å². The molecular weight excluding hydrogens is 484 g/mol. The van der Waals surface area contributed by atoms with Crippen molar-refractivity contribution in [2.75, 3.05) is 33.6 Å². The Kier molecular flexibility index (Phi) is 10.6. The average Bonchev–Trinajstić information content (AvgIpc) is 2.78. The van der Waals surface area contributed by atoms with Crippen molar-refractivity contribution in [3.63, 3.8) is 0 Å². The van der Waals surface area contributed by atoms with Gasteiger partial charge in [0.05, 0.1) is 20.5 Å². The number of carbonyl (C=O) groups is 1. The Morgan fingerprint density at radius 2 is 1.89 bits per heavy atom. The van der Waals surface area contributed by atoms with Crippen LogP contribution in [-0.2, 0) is 14.8 Å². The number of piperidine rings is 1. The Balaban J connectivity index is 2.49. The number of rotatable bonds is 11. The largest absolute Gasteiger partial charge is 0.507 e. The minimum Gasteiger partial charge on any atom is -0.507 e. The lowest BCUT2D eigenvalue weighted by Crippen LogP contribution is -2.43. The summed E-state index contributed by atoms with van der Waals surface area (Å²) in [5.41, 5.74) is 0.974. The highest BCUT2D eigenvalue weighted by Crippen LogP contribution is 2.43. The number of methoxy groups -OCH3 is 2. The van der Waals surface area contributed by atoms with E-state index in [2.05, 4.69) is 20.4 Å². The van der Waals surface area contributed by atoms with E-state index in [1.807, 2.05) is 9.62 Å². The summed E-state index contributed by atoms with van der Waals surface area (Å²) in [6.07, 6.45) is 6.52. The highest BCUT2D eigenvalue weighted by molar-refractivity contribution is 7.88. The summed E-state index contributed by atoms with van der Waals surface area (Å²) in [5, 5.41) is 20.8. The number of hydrogen-bond donors (Lipinski definition) is 3. The van der Waals surface area contributed by atoms with E-state index in [4.69, 9.17) is 9.47 Å². The van der Waals surface area contributed by atoms with Crippen LogP contribution in [0.3, 0.4) is 0 Å². The van der Waals surface area contributed by atoms with Gasteiger partial charge in [-0.05, 0) is 29.9 Å². The monoisotopic (exact) mass is 522 g/mol. The molecule has 1 amide bonds. The normalized spacial score (nSPS) is 20.7. The molecule has 4 atom stereocenters. The van der Waals surface area contributed by atoms with Gasteiger partial charge in [0.2, 0.25) is 15.9 Å². The van der Waals surface area contributed by atoms with Gasteiger partial charge in [-0.25, -0.2) is 8.42 Å². The van der Waals surface area contributed by atoms with Gasteiger partial charge in [-0.15, -0.1) is 0 Å². The molecule has 0 aromatic heterocycles. The summed E-state index contributed by atoms with van der Waals surface area (Å²) in [4.78, 5) is 15.3. The van der Waals surface area contributed by atoms with Crippen LogP contribution < -0.4 is 14.2 Å². The fourth-order valence-corrected chi connectivity index (χ4v) is 5.16. The van der Waals surface area contributed by atoms with Crippen molar-refractivity contribution in [2.45, 2.75) is 38.8 Å². The SMILES string of the molecule is C=C/C(=C\C=C\C(O)NS(C)(=O)=O)[C@@H](CC(=O)N1C[C@H](C)C[C@@H](C)C1)c1c(O)cc(OC)cc1OC. The second-order valence-electron chi connectivity index (χ2n) is 9.35. The van der Waals surface area contributed by atoms with Gasteiger partial charge < -0.3 is 24.6 Å². The number of sulfonamides is 1. The molecule has 0 aliphatic carbocycles. The Labute approximate surface area is 214 Å². The number of likely N-dealkylation sites (tertiary alicyclic amines) is 1. The van der Waals surface area contributed by atoms with E-state index < -0.39 is 22.2 Å². The van der Waals surface area contributed by atoms with E-state index in [0.29, 0.717) is 47.6 Å². The number of amides is 1. The summed E-state index contributed by atoms with van der Waals surface area (Å²) >= 11 is 0. The van der Waals surface area contributed by atoms with Gasteiger partial charge in [0.15, 0.2) is 0 Å². The molecule has 200 valence electrons. The molecule has 0 bridgehead atoms. The van der Waals surface area contributed by atoms with Crippen LogP contribution >= 0.6 is 0 Å². The number of ether oxygens (including phenoxy) is 2. The number of aromatic hydroxyl groups is 1. The van der Waals surface area contributed by atoms with Crippen molar-refractivity contribution in [1.82, 2.24) is 9.62 Å². The van der Waals surface area contributed by atoms with Crippen LogP contribution in [0.2, 0.25) is 0 Å². The van der Waals surface area contributed by atoms with Crippen molar-refractivity contribution in [3.8, 4) is 17.2 Å². The van der Waals surface area contributed by atoms with Crippen LogP contribution in [0.25, 0.3) is 0 Å². The molecule has 1 saturated heterocycles. The molecule has 1 heterocycles. The first kappa shape index (κ1) is 29.4. The lowest BCUT2D eigenvalue weighted by molar-refractivity contribution is -0.134. The second kappa shape index (κ2) is 12.9. The molecule has 1 aromatic rings. The molecule has 1 unspecified atom stereocenters. The smallest absolute Gasteiger partial charge is 0.223 e. The lowest BCUT2D eigenvalue weighted by Gasteiger charge is -2.36. The number of phenolic OH excluding ortho intramolecular Hbond substituents is 1. The molecular formula is C26H38N2O7S. The summed E-state index contributed by atoms with van der Waals surface area (Å²) < 4.78 is 35.5. The van der Waals surface area contributed by atoms with Crippen LogP contribution in [0.1, 0.15) is 38.2 Å². The van der Waals surface area contributed by atoms with Crippen LogP contribution in [0.5, 0.6) is 17.2 Å². The molecule has 1 aliphatic heterocycles. The molecule has 0 saturated carbocycles. The predicted octanol–water partition coefficient (Wildman–Crippen LogP) is 2.92. The minimum atomic E-state index is -3.60. The number of phenols is 1. The standard InChI is InChI=1S/C26H38N2O7S/c1-7-19(9-8-10-24(30)27-36(6,32)33)21(14-25(31)28-15-17(2)11-18(3)16-28)26-22(29)12-20(34-4)13-23(26)35-5/h7-10,12-13,17-18,21,24,27,29-30H,1,11,14-16H2,2-6H3/b10-8+,19-9+/t17-,18-,21-,24?/m1/s1. The highest BCUT2D eigenvalue weighted by atomic mass is 32.2. The van der Waals surface area contributed by atoms with Gasteiger partial charge in [-0.3, -0.25) is 4.79 Å². The Bertz CT molecular complexity index is 1090. The fraction of sp³-hybridized carbons (Fsp3) is 0.500. The third-order valence-electron chi connectivity index (χ3n) is 6.05. The number of aliphatic hydroxyl groups is 1. The van der Waals surface area contributed by atoms with Crippen LogP contribution in [0.4, 0.5) is 0 Å². The topological polar surface area (TPSA) is 125 Å². The first-order valence-corrected chi connectivity index (χ1v) is 13.7. The van der Waals surface area contributed by atoms with E-state index in [1.54, 1.807) is 18.2 Å². The molecule has 2 rings (SSSR count). The summed E-state index contributed by atoms with van der Waals surface area (Å²) in [7, 11) is -0.659. The van der Waals surface area contributed by atoms with E-state index in [-0.39, 0.29) is 18.1 Å². The van der Waals surface area contributed by atoms with Gasteiger partial charge >= 0.3 is 0 Å². The maximum atomic E-state index is 13.4. The van der Waals surface area contributed by atoms with E-state index in [0.717, 1.165) is 12.7 Å². The van der Waals surface area contributed by atoms with Crippen molar-refractivity contribution in [2.24, 2.45) is 11.8 Å². The summed E-state index contributed by atoms with van der Waals surface area (Å²) in [6.45, 7) is 9.46. The first-order valence-electron chi connectivity index (χ1n) is 11.8. The van der Waals surface area contributed by atoms with Crippen LogP contribution in [0.15, 0.2) is 48.6 Å². The molecule has 10 heteroatoms. The van der Waals surface area contributed by atoms with Crippen LogP contribution in [0, 0.1) is 11.8 Å². The maximum absolute atomic E-state index is 13.4. The van der Waals surface area contributed by atoms with Crippen molar-refractivity contribution >= 4 is 15.9 Å². The van der Waals surface area contributed by atoms with Gasteiger partial charge in [-0.2, -0.15) is 4.72 Å². The molecule has 9 nitrogen and oxygen atoms in total. The minimum absolute atomic E-state index is 0.0471. The zero-order valence-electron chi connectivity index (χ0n) is 21.6. The number of nitrogens with one attached hydrogen (secondary N) is 1. The molecule has 0 radical (unpaired) electrons. The van der Waals surface area contributed by atoms with E-state index in [9.17, 15) is 23.4 Å². The molecule has 1 aliphatic rings. The van der Waals surface area contributed by atoms with Gasteiger partial charge in [0.25, 0.3) is 0 Å². The second-order valence-corrected chi connectivity index (χ2v) is 11.1. The number of carbonyl (C=O) groups excluding carboxylic acids is 1. The third kappa shape index (κ3) is 8.39. The molecule has 1 fully saturated rings. The van der Waals surface area contributed by atoms with Gasteiger partial charge in [0.1, 0.15) is 23.5 Å². The molecule has 36 heavy (non-hydrogen) atoms. The highest BCUT2D eigenvalue weighted by Gasteiger charge is 2.31. The number of aliphatic hydroxyl groups excluding tert-OH is 1. The summed E-state index contributed by atoms with van der Waals surface area (Å²) in [5.74, 6) is 0.734. The van der Waals surface area contributed by atoms with E-state index in [1.165, 1.54) is 32.4 Å². The maximum Gasteiger partial charge on any atom is 0.223 e. The lowest BCUT2D eigenvalue weighted by atomic mass is 9.85. The van der Waals surface area contributed by atoms with Gasteiger partial charge in [0, 0.05) is 43.1 Å². The Hall–Kier alpha value is -2.82.